The number of aliphatic hydroxyl groups excluding tert-OH is 1. The van der Waals surface area contributed by atoms with Crippen molar-refractivity contribution < 1.29 is 29.3 Å². The summed E-state index contributed by atoms with van der Waals surface area (Å²) in [7, 11) is 0. The van der Waals surface area contributed by atoms with Gasteiger partial charge in [-0.2, -0.15) is 0 Å². The van der Waals surface area contributed by atoms with Gasteiger partial charge in [-0.3, -0.25) is 4.79 Å². The molecule has 6 nitrogen and oxygen atoms in total. The first kappa shape index (κ1) is 16.2. The summed E-state index contributed by atoms with van der Waals surface area (Å²) in [6, 6.07) is 0. The van der Waals surface area contributed by atoms with Crippen molar-refractivity contribution in [3.8, 4) is 0 Å². The van der Waals surface area contributed by atoms with Gasteiger partial charge in [0.15, 0.2) is 0 Å². The fourth-order valence-corrected chi connectivity index (χ4v) is 4.37. The van der Waals surface area contributed by atoms with Crippen LogP contribution in [-0.2, 0) is 19.1 Å². The molecular formula is C17H22O6. The van der Waals surface area contributed by atoms with Crippen molar-refractivity contribution in [2.75, 3.05) is 0 Å². The van der Waals surface area contributed by atoms with Gasteiger partial charge in [0.05, 0.1) is 11.5 Å². The lowest BCUT2D eigenvalue weighted by molar-refractivity contribution is -0.176. The molecule has 3 aliphatic rings. The summed E-state index contributed by atoms with van der Waals surface area (Å²) < 4.78 is 10.8. The third kappa shape index (κ3) is 2.23. The van der Waals surface area contributed by atoms with Crippen molar-refractivity contribution in [3.63, 3.8) is 0 Å². The molecule has 7 unspecified atom stereocenters. The van der Waals surface area contributed by atoms with Crippen molar-refractivity contribution in [1.82, 2.24) is 0 Å². The highest BCUT2D eigenvalue weighted by Crippen LogP contribution is 2.52. The van der Waals surface area contributed by atoms with Gasteiger partial charge in [0.1, 0.15) is 18.3 Å². The highest BCUT2D eigenvalue weighted by molar-refractivity contribution is 5.91. The molecule has 0 aromatic carbocycles. The van der Waals surface area contributed by atoms with Crippen LogP contribution in [0, 0.1) is 17.8 Å². The second-order valence-corrected chi connectivity index (χ2v) is 6.98. The molecule has 7 atom stereocenters. The third-order valence-electron chi connectivity index (χ3n) is 5.59. The SMILES string of the molecule is C=C1C(=O)OC2C1C(OC(C)=O)C(O)C(C)(O)C1CC=C(C)C21. The average molecular weight is 322 g/mol. The van der Waals surface area contributed by atoms with Crippen LogP contribution in [0.4, 0.5) is 0 Å². The number of hydrogen-bond acceptors (Lipinski definition) is 6. The molecule has 23 heavy (non-hydrogen) atoms. The van der Waals surface area contributed by atoms with Crippen molar-refractivity contribution in [2.45, 2.75) is 51.1 Å². The molecular weight excluding hydrogens is 300 g/mol. The van der Waals surface area contributed by atoms with Gasteiger partial charge in [0.2, 0.25) is 0 Å². The van der Waals surface area contributed by atoms with Crippen molar-refractivity contribution in [2.24, 2.45) is 17.8 Å². The average Bonchev–Trinajstić information content (AvgIpc) is 2.95. The first-order valence-corrected chi connectivity index (χ1v) is 7.80. The van der Waals surface area contributed by atoms with Gasteiger partial charge in [-0.15, -0.1) is 0 Å². The van der Waals surface area contributed by atoms with Gasteiger partial charge in [0, 0.05) is 24.3 Å². The second kappa shape index (κ2) is 5.18. The van der Waals surface area contributed by atoms with Crippen molar-refractivity contribution >= 4 is 11.9 Å². The Morgan fingerprint density at radius 1 is 1.48 bits per heavy atom. The molecule has 0 amide bonds. The van der Waals surface area contributed by atoms with Gasteiger partial charge >= 0.3 is 11.9 Å². The lowest BCUT2D eigenvalue weighted by Gasteiger charge is -2.38. The Morgan fingerprint density at radius 3 is 2.74 bits per heavy atom. The van der Waals surface area contributed by atoms with E-state index in [9.17, 15) is 19.8 Å². The maximum Gasteiger partial charge on any atom is 0.334 e. The summed E-state index contributed by atoms with van der Waals surface area (Å²) in [5.41, 5.74) is -0.296. The molecule has 1 saturated carbocycles. The fraction of sp³-hybridized carbons (Fsp3) is 0.647. The van der Waals surface area contributed by atoms with Gasteiger partial charge in [-0.1, -0.05) is 18.2 Å². The summed E-state index contributed by atoms with van der Waals surface area (Å²) >= 11 is 0. The molecule has 0 bridgehead atoms. The molecule has 3 rings (SSSR count). The van der Waals surface area contributed by atoms with Gasteiger partial charge in [-0.25, -0.2) is 4.79 Å². The summed E-state index contributed by atoms with van der Waals surface area (Å²) in [5.74, 6) is -2.33. The van der Waals surface area contributed by atoms with Crippen molar-refractivity contribution in [1.29, 1.82) is 0 Å². The fourth-order valence-electron chi connectivity index (χ4n) is 4.37. The van der Waals surface area contributed by atoms with E-state index in [4.69, 9.17) is 9.47 Å². The first-order chi connectivity index (χ1) is 10.7. The molecule has 0 aromatic heterocycles. The third-order valence-corrected chi connectivity index (χ3v) is 5.59. The maximum absolute atomic E-state index is 12.0. The highest BCUT2D eigenvalue weighted by Gasteiger charge is 2.62. The summed E-state index contributed by atoms with van der Waals surface area (Å²) in [4.78, 5) is 23.5. The predicted octanol–water partition coefficient (Wildman–Crippen LogP) is 0.724. The number of fused-ring (bicyclic) bond motifs is 3. The van der Waals surface area contributed by atoms with Crippen LogP contribution in [0.3, 0.4) is 0 Å². The number of allylic oxidation sites excluding steroid dienone is 1. The number of esters is 2. The Morgan fingerprint density at radius 2 is 2.13 bits per heavy atom. The van der Waals surface area contributed by atoms with Gasteiger partial charge in [0.25, 0.3) is 0 Å². The van der Waals surface area contributed by atoms with E-state index in [1.54, 1.807) is 6.92 Å². The lowest BCUT2D eigenvalue weighted by atomic mass is 9.76. The number of carbonyl (C=O) groups excluding carboxylic acids is 2. The van der Waals surface area contributed by atoms with Crippen LogP contribution in [0.1, 0.15) is 27.2 Å². The summed E-state index contributed by atoms with van der Waals surface area (Å²) in [6.07, 6.45) is -0.425. The summed E-state index contributed by atoms with van der Waals surface area (Å²) in [5, 5.41) is 21.7. The quantitative estimate of drug-likeness (QED) is 0.420. The molecule has 2 aliphatic carbocycles. The van der Waals surface area contributed by atoms with Crippen LogP contribution in [0.25, 0.3) is 0 Å². The van der Waals surface area contributed by atoms with Crippen LogP contribution >= 0.6 is 0 Å². The molecule has 0 spiro atoms. The van der Waals surface area contributed by atoms with Crippen LogP contribution in [0.2, 0.25) is 0 Å². The zero-order valence-electron chi connectivity index (χ0n) is 13.5. The topological polar surface area (TPSA) is 93.1 Å². The number of carbonyl (C=O) groups is 2. The molecule has 0 radical (unpaired) electrons. The van der Waals surface area contributed by atoms with Crippen LogP contribution in [0.15, 0.2) is 23.8 Å². The van der Waals surface area contributed by atoms with E-state index >= 15 is 0 Å². The normalized spacial score (nSPS) is 45.7. The van der Waals surface area contributed by atoms with E-state index in [0.29, 0.717) is 6.42 Å². The molecule has 6 heteroatoms. The molecule has 1 heterocycles. The minimum Gasteiger partial charge on any atom is -0.459 e. The molecule has 0 aromatic rings. The van der Waals surface area contributed by atoms with Crippen LogP contribution < -0.4 is 0 Å². The molecule has 1 aliphatic heterocycles. The van der Waals surface area contributed by atoms with Crippen LogP contribution in [0.5, 0.6) is 0 Å². The van der Waals surface area contributed by atoms with E-state index < -0.39 is 41.8 Å². The molecule has 126 valence electrons. The smallest absolute Gasteiger partial charge is 0.334 e. The zero-order valence-corrected chi connectivity index (χ0v) is 13.5. The number of rotatable bonds is 1. The largest absolute Gasteiger partial charge is 0.459 e. The number of aliphatic hydroxyl groups is 2. The Balaban J connectivity index is 2.12. The first-order valence-electron chi connectivity index (χ1n) is 7.80. The lowest BCUT2D eigenvalue weighted by Crippen LogP contribution is -2.53. The Hall–Kier alpha value is -1.66. The Bertz CT molecular complexity index is 604. The maximum atomic E-state index is 12.0. The summed E-state index contributed by atoms with van der Waals surface area (Å²) in [6.45, 7) is 8.46. The minimum atomic E-state index is -1.48. The standard InChI is InChI=1S/C17H22O6/c1-7-5-6-10-11(7)13-12(8(2)16(20)23-13)14(22-9(3)18)15(19)17(10,4)21/h5,10-15,19,21H,2,6H2,1,3-4H3. The Labute approximate surface area is 134 Å². The van der Waals surface area contributed by atoms with E-state index in [0.717, 1.165) is 5.57 Å². The monoisotopic (exact) mass is 322 g/mol. The van der Waals surface area contributed by atoms with Gasteiger partial charge < -0.3 is 19.7 Å². The zero-order chi connectivity index (χ0) is 17.1. The van der Waals surface area contributed by atoms with E-state index in [-0.39, 0.29) is 17.4 Å². The molecule has 2 N–H and O–H groups in total. The van der Waals surface area contributed by atoms with E-state index in [2.05, 4.69) is 6.58 Å². The Kier molecular flexibility index (Phi) is 3.65. The number of ether oxygens (including phenoxy) is 2. The van der Waals surface area contributed by atoms with Crippen LogP contribution in [-0.4, -0.2) is 46.1 Å². The van der Waals surface area contributed by atoms with E-state index in [1.807, 2.05) is 13.0 Å². The van der Waals surface area contributed by atoms with Crippen molar-refractivity contribution in [3.05, 3.63) is 23.8 Å². The van der Waals surface area contributed by atoms with Gasteiger partial charge in [-0.05, 0) is 20.3 Å². The highest BCUT2D eigenvalue weighted by atomic mass is 16.6. The molecule has 2 fully saturated rings. The minimum absolute atomic E-state index is 0.177. The second-order valence-electron chi connectivity index (χ2n) is 6.98. The van der Waals surface area contributed by atoms with E-state index in [1.165, 1.54) is 6.92 Å². The predicted molar refractivity (Wildman–Crippen MR) is 80.0 cm³/mol. The number of hydrogen-bond donors (Lipinski definition) is 2. The molecule has 1 saturated heterocycles.